The van der Waals surface area contributed by atoms with Crippen molar-refractivity contribution in [2.24, 2.45) is 0 Å². The van der Waals surface area contributed by atoms with Gasteiger partial charge in [-0.3, -0.25) is 4.90 Å². The number of hydrogen-bond donors (Lipinski definition) is 1. The molecular formula is C21H28Cl4N2O. The van der Waals surface area contributed by atoms with Crippen LogP contribution in [-0.4, -0.2) is 44.3 Å². The van der Waals surface area contributed by atoms with Gasteiger partial charge in [0.15, 0.2) is 0 Å². The largest absolute Gasteiger partial charge is 0.379 e. The topological polar surface area (TPSA) is 24.5 Å². The predicted molar refractivity (Wildman–Crippen MR) is 129 cm³/mol. The average molecular weight is 466 g/mol. The fraction of sp³-hybridized carbons (Fsp3) is 0.333. The van der Waals surface area contributed by atoms with Crippen LogP contribution in [0.2, 0.25) is 0 Å². The fourth-order valence-corrected chi connectivity index (χ4v) is 3.47. The minimum atomic E-state index is 0. The first-order valence-corrected chi connectivity index (χ1v) is 8.81. The van der Waals surface area contributed by atoms with Gasteiger partial charge < -0.3 is 10.1 Å². The maximum atomic E-state index is 5.40. The molecule has 1 aliphatic rings. The standard InChI is InChI=1S/C21H24N2O.4ClH/c1-2-5-18-15-21-19(14-17(18)4-1)6-3-7-20(21)16-22-8-9-23-10-12-24-13-11-23;;;;/h1-7,14-15,22H,8-13,16H2;4*1H. The van der Waals surface area contributed by atoms with E-state index in [0.29, 0.717) is 0 Å². The summed E-state index contributed by atoms with van der Waals surface area (Å²) >= 11 is 0. The quantitative estimate of drug-likeness (QED) is 0.418. The van der Waals surface area contributed by atoms with Gasteiger partial charge in [0.1, 0.15) is 0 Å². The summed E-state index contributed by atoms with van der Waals surface area (Å²) in [5.41, 5.74) is 1.38. The van der Waals surface area contributed by atoms with Gasteiger partial charge in [-0.25, -0.2) is 0 Å². The zero-order valence-electron chi connectivity index (χ0n) is 15.6. The molecule has 1 N–H and O–H groups in total. The van der Waals surface area contributed by atoms with E-state index in [0.717, 1.165) is 45.9 Å². The molecule has 1 fully saturated rings. The minimum absolute atomic E-state index is 0. The van der Waals surface area contributed by atoms with Gasteiger partial charge >= 0.3 is 0 Å². The van der Waals surface area contributed by atoms with Crippen molar-refractivity contribution in [1.29, 1.82) is 0 Å². The van der Waals surface area contributed by atoms with Crippen LogP contribution in [0, 0.1) is 0 Å². The number of ether oxygens (including phenoxy) is 1. The van der Waals surface area contributed by atoms with Crippen LogP contribution in [0.4, 0.5) is 0 Å². The van der Waals surface area contributed by atoms with Crippen molar-refractivity contribution < 1.29 is 4.74 Å². The summed E-state index contributed by atoms with van der Waals surface area (Å²) in [4.78, 5) is 2.47. The molecule has 28 heavy (non-hydrogen) atoms. The Bertz CT molecular complexity index is 841. The van der Waals surface area contributed by atoms with Gasteiger partial charge in [-0.2, -0.15) is 0 Å². The third-order valence-corrected chi connectivity index (χ3v) is 4.86. The van der Waals surface area contributed by atoms with E-state index in [1.165, 1.54) is 27.1 Å². The first-order valence-electron chi connectivity index (χ1n) is 8.81. The first kappa shape index (κ1) is 27.2. The molecule has 3 aromatic rings. The van der Waals surface area contributed by atoms with Crippen molar-refractivity contribution in [1.82, 2.24) is 10.2 Å². The van der Waals surface area contributed by atoms with Crippen LogP contribution in [0.3, 0.4) is 0 Å². The van der Waals surface area contributed by atoms with Gasteiger partial charge in [0.2, 0.25) is 0 Å². The van der Waals surface area contributed by atoms with Gasteiger partial charge in [0.25, 0.3) is 0 Å². The van der Waals surface area contributed by atoms with Crippen molar-refractivity contribution in [2.75, 3.05) is 39.4 Å². The van der Waals surface area contributed by atoms with Crippen molar-refractivity contribution in [3.05, 3.63) is 60.2 Å². The molecule has 3 aromatic carbocycles. The molecule has 0 saturated carbocycles. The van der Waals surface area contributed by atoms with Gasteiger partial charge in [0, 0.05) is 32.7 Å². The summed E-state index contributed by atoms with van der Waals surface area (Å²) in [5.74, 6) is 0. The summed E-state index contributed by atoms with van der Waals surface area (Å²) in [7, 11) is 0. The Morgan fingerprint density at radius 2 is 1.43 bits per heavy atom. The predicted octanol–water partition coefficient (Wildman–Crippen LogP) is 5.10. The van der Waals surface area contributed by atoms with Crippen LogP contribution >= 0.6 is 49.6 Å². The molecule has 156 valence electrons. The number of fused-ring (bicyclic) bond motifs is 2. The van der Waals surface area contributed by atoms with E-state index in [1.54, 1.807) is 0 Å². The Labute approximate surface area is 191 Å². The Hall–Kier alpha value is -0.780. The summed E-state index contributed by atoms with van der Waals surface area (Å²) in [6, 6.07) is 19.8. The van der Waals surface area contributed by atoms with E-state index in [-0.39, 0.29) is 49.6 Å². The summed E-state index contributed by atoms with van der Waals surface area (Å²) < 4.78 is 5.40. The van der Waals surface area contributed by atoms with Gasteiger partial charge in [-0.05, 0) is 39.2 Å². The molecule has 0 atom stereocenters. The van der Waals surface area contributed by atoms with Crippen molar-refractivity contribution >= 4 is 71.2 Å². The normalized spacial score (nSPS) is 13.7. The highest BCUT2D eigenvalue weighted by Crippen LogP contribution is 2.25. The van der Waals surface area contributed by atoms with Crippen molar-refractivity contribution in [2.45, 2.75) is 6.54 Å². The summed E-state index contributed by atoms with van der Waals surface area (Å²) in [6.07, 6.45) is 0. The zero-order chi connectivity index (χ0) is 16.2. The second-order valence-corrected chi connectivity index (χ2v) is 6.47. The SMILES string of the molecule is Cl.Cl.Cl.Cl.c1ccc2cc3c(CNCCN4CCOCC4)cccc3cc2c1. The van der Waals surface area contributed by atoms with E-state index in [1.807, 2.05) is 0 Å². The van der Waals surface area contributed by atoms with E-state index >= 15 is 0 Å². The maximum absolute atomic E-state index is 5.40. The Morgan fingerprint density at radius 3 is 2.14 bits per heavy atom. The molecule has 0 aromatic heterocycles. The first-order chi connectivity index (χ1) is 11.9. The lowest BCUT2D eigenvalue weighted by molar-refractivity contribution is 0.0384. The molecule has 3 nitrogen and oxygen atoms in total. The van der Waals surface area contributed by atoms with Crippen LogP contribution in [0.25, 0.3) is 21.5 Å². The highest BCUT2D eigenvalue weighted by Gasteiger charge is 2.09. The van der Waals surface area contributed by atoms with Gasteiger partial charge in [-0.15, -0.1) is 49.6 Å². The molecule has 0 unspecified atom stereocenters. The molecule has 7 heteroatoms. The average Bonchev–Trinajstić information content (AvgIpc) is 2.64. The molecule has 0 bridgehead atoms. The van der Waals surface area contributed by atoms with Gasteiger partial charge in [0.05, 0.1) is 13.2 Å². The van der Waals surface area contributed by atoms with E-state index in [2.05, 4.69) is 64.8 Å². The highest BCUT2D eigenvalue weighted by molar-refractivity contribution is 5.99. The number of hydrogen-bond acceptors (Lipinski definition) is 3. The fourth-order valence-electron chi connectivity index (χ4n) is 3.47. The summed E-state index contributed by atoms with van der Waals surface area (Å²) in [5, 5.41) is 8.90. The lowest BCUT2D eigenvalue weighted by atomic mass is 10.00. The molecule has 1 saturated heterocycles. The number of rotatable bonds is 5. The van der Waals surface area contributed by atoms with Crippen LogP contribution in [-0.2, 0) is 11.3 Å². The molecule has 1 heterocycles. The molecule has 0 amide bonds. The maximum Gasteiger partial charge on any atom is 0.0594 e. The van der Waals surface area contributed by atoms with E-state index in [9.17, 15) is 0 Å². The van der Waals surface area contributed by atoms with Gasteiger partial charge in [-0.1, -0.05) is 42.5 Å². The number of morpholine rings is 1. The highest BCUT2D eigenvalue weighted by atomic mass is 35.5. The van der Waals surface area contributed by atoms with Crippen LogP contribution in [0.15, 0.2) is 54.6 Å². The summed E-state index contributed by atoms with van der Waals surface area (Å²) in [6.45, 7) is 6.89. The number of benzene rings is 3. The van der Waals surface area contributed by atoms with Crippen molar-refractivity contribution in [3.63, 3.8) is 0 Å². The molecular weight excluding hydrogens is 438 g/mol. The Kier molecular flexibility index (Phi) is 13.1. The molecule has 0 aliphatic carbocycles. The number of nitrogens with one attached hydrogen (secondary N) is 1. The lowest BCUT2D eigenvalue weighted by Crippen LogP contribution is -2.40. The second-order valence-electron chi connectivity index (χ2n) is 6.47. The Morgan fingerprint density at radius 1 is 0.786 bits per heavy atom. The van der Waals surface area contributed by atoms with E-state index in [4.69, 9.17) is 4.74 Å². The second kappa shape index (κ2) is 13.4. The number of halogens is 4. The smallest absolute Gasteiger partial charge is 0.0594 e. The van der Waals surface area contributed by atoms with Crippen molar-refractivity contribution in [3.8, 4) is 0 Å². The Balaban J connectivity index is 0.00000182. The van der Waals surface area contributed by atoms with Crippen LogP contribution < -0.4 is 5.32 Å². The van der Waals surface area contributed by atoms with E-state index < -0.39 is 0 Å². The van der Waals surface area contributed by atoms with Crippen LogP contribution in [0.5, 0.6) is 0 Å². The minimum Gasteiger partial charge on any atom is -0.379 e. The molecule has 1 aliphatic heterocycles. The van der Waals surface area contributed by atoms with Crippen LogP contribution in [0.1, 0.15) is 5.56 Å². The third-order valence-electron chi connectivity index (χ3n) is 4.86. The molecule has 4 rings (SSSR count). The number of nitrogens with zero attached hydrogens (tertiary/aromatic N) is 1. The molecule has 0 radical (unpaired) electrons. The lowest BCUT2D eigenvalue weighted by Gasteiger charge is -2.26. The monoisotopic (exact) mass is 464 g/mol. The third kappa shape index (κ3) is 6.64. The molecule has 0 spiro atoms. The zero-order valence-corrected chi connectivity index (χ0v) is 18.9.